The topological polar surface area (TPSA) is 63.3 Å². The molecule has 0 heterocycles. The summed E-state index contributed by atoms with van der Waals surface area (Å²) in [4.78, 5) is 11.6. The van der Waals surface area contributed by atoms with Crippen molar-refractivity contribution >= 4 is 39.3 Å². The maximum atomic E-state index is 10.7. The van der Waals surface area contributed by atoms with E-state index >= 15 is 0 Å². The lowest BCUT2D eigenvalue weighted by molar-refractivity contribution is 0.0697. The van der Waals surface area contributed by atoms with Crippen molar-refractivity contribution in [3.8, 4) is 0 Å². The molecule has 3 nitrogen and oxygen atoms in total. The molecule has 0 saturated heterocycles. The van der Waals surface area contributed by atoms with E-state index < -0.39 is 5.97 Å². The Morgan fingerprint density at radius 3 is 2.69 bits per heavy atom. The molecule has 1 aromatic carbocycles. The van der Waals surface area contributed by atoms with Crippen molar-refractivity contribution in [2.24, 2.45) is 0 Å². The van der Waals surface area contributed by atoms with Gasteiger partial charge in [-0.05, 0) is 34.3 Å². The van der Waals surface area contributed by atoms with Crippen LogP contribution in [-0.4, -0.2) is 17.3 Å². The van der Waals surface area contributed by atoms with Crippen molar-refractivity contribution in [2.75, 3.05) is 12.0 Å². The maximum Gasteiger partial charge on any atom is 0.337 e. The Hall–Kier alpha value is -0.680. The minimum atomic E-state index is -1.01. The second-order valence-electron chi connectivity index (χ2n) is 2.38. The van der Waals surface area contributed by atoms with Gasteiger partial charge in [0.05, 0.1) is 11.3 Å². The average molecular weight is 262 g/mol. The van der Waals surface area contributed by atoms with E-state index in [9.17, 15) is 4.79 Å². The number of nitrogen functional groups attached to an aromatic ring is 1. The highest BCUT2D eigenvalue weighted by Gasteiger charge is 2.11. The molecule has 0 aromatic heterocycles. The van der Waals surface area contributed by atoms with Crippen molar-refractivity contribution in [1.82, 2.24) is 0 Å². The Morgan fingerprint density at radius 1 is 1.62 bits per heavy atom. The molecule has 0 radical (unpaired) electrons. The van der Waals surface area contributed by atoms with Crippen molar-refractivity contribution in [1.29, 1.82) is 0 Å². The van der Waals surface area contributed by atoms with Crippen LogP contribution in [0.15, 0.2) is 21.5 Å². The summed E-state index contributed by atoms with van der Waals surface area (Å²) < 4.78 is 0.622. The van der Waals surface area contributed by atoms with Gasteiger partial charge in [-0.15, -0.1) is 11.8 Å². The number of hydrogen-bond donors (Lipinski definition) is 2. The van der Waals surface area contributed by atoms with E-state index in [4.69, 9.17) is 10.8 Å². The summed E-state index contributed by atoms with van der Waals surface area (Å²) in [5.74, 6) is -1.01. The normalized spacial score (nSPS) is 10.0. The molecule has 0 atom stereocenters. The number of anilines is 1. The van der Waals surface area contributed by atoms with E-state index in [-0.39, 0.29) is 11.3 Å². The number of aromatic carboxylic acids is 1. The Kier molecular flexibility index (Phi) is 3.22. The Labute approximate surface area is 88.4 Å². The molecule has 0 aliphatic rings. The molecule has 13 heavy (non-hydrogen) atoms. The summed E-state index contributed by atoms with van der Waals surface area (Å²) in [5, 5.41) is 8.80. The van der Waals surface area contributed by atoms with E-state index in [1.54, 1.807) is 12.1 Å². The van der Waals surface area contributed by atoms with Gasteiger partial charge in [0, 0.05) is 9.37 Å². The molecular formula is C8H8BrNO2S. The zero-order chi connectivity index (χ0) is 10.0. The highest BCUT2D eigenvalue weighted by Crippen LogP contribution is 2.29. The van der Waals surface area contributed by atoms with Gasteiger partial charge in [0.1, 0.15) is 0 Å². The van der Waals surface area contributed by atoms with Crippen LogP contribution in [0, 0.1) is 0 Å². The standard InChI is InChI=1S/C8H8BrNO2S/c1-13-4-2-5(8(11)12)7(10)6(9)3-4/h2-3H,10H2,1H3,(H,11,12). The summed E-state index contributed by atoms with van der Waals surface area (Å²) >= 11 is 4.68. The molecular weight excluding hydrogens is 254 g/mol. The van der Waals surface area contributed by atoms with E-state index in [0.29, 0.717) is 4.47 Å². The lowest BCUT2D eigenvalue weighted by atomic mass is 10.2. The lowest BCUT2D eigenvalue weighted by Crippen LogP contribution is -2.03. The third-order valence-corrected chi connectivity index (χ3v) is 2.93. The monoisotopic (exact) mass is 261 g/mol. The van der Waals surface area contributed by atoms with Crippen LogP contribution < -0.4 is 5.73 Å². The molecule has 0 aliphatic carbocycles. The first-order chi connectivity index (χ1) is 6.06. The molecule has 0 aliphatic heterocycles. The molecule has 0 amide bonds. The van der Waals surface area contributed by atoms with Crippen molar-refractivity contribution in [3.63, 3.8) is 0 Å². The first-order valence-corrected chi connectivity index (χ1v) is 5.44. The number of benzene rings is 1. The molecule has 70 valence electrons. The highest BCUT2D eigenvalue weighted by atomic mass is 79.9. The molecule has 0 fully saturated rings. The molecule has 0 unspecified atom stereocenters. The number of halogens is 1. The largest absolute Gasteiger partial charge is 0.478 e. The Bertz CT molecular complexity index is 354. The van der Waals surface area contributed by atoms with Crippen LogP contribution in [0.2, 0.25) is 0 Å². The molecule has 0 spiro atoms. The van der Waals surface area contributed by atoms with Gasteiger partial charge in [0.15, 0.2) is 0 Å². The summed E-state index contributed by atoms with van der Waals surface area (Å²) in [6.45, 7) is 0. The van der Waals surface area contributed by atoms with Crippen LogP contribution in [0.1, 0.15) is 10.4 Å². The zero-order valence-electron chi connectivity index (χ0n) is 6.87. The molecule has 1 aromatic rings. The minimum absolute atomic E-state index is 0.138. The minimum Gasteiger partial charge on any atom is -0.478 e. The molecule has 3 N–H and O–H groups in total. The van der Waals surface area contributed by atoms with Crippen molar-refractivity contribution in [3.05, 3.63) is 22.2 Å². The summed E-state index contributed by atoms with van der Waals surface area (Å²) in [5.41, 5.74) is 5.98. The van der Waals surface area contributed by atoms with Crippen LogP contribution >= 0.6 is 27.7 Å². The van der Waals surface area contributed by atoms with Gasteiger partial charge >= 0.3 is 5.97 Å². The number of hydrogen-bond acceptors (Lipinski definition) is 3. The molecule has 5 heteroatoms. The van der Waals surface area contributed by atoms with E-state index in [1.807, 2.05) is 6.26 Å². The maximum absolute atomic E-state index is 10.7. The predicted octanol–water partition coefficient (Wildman–Crippen LogP) is 2.45. The molecule has 0 bridgehead atoms. The molecule has 0 saturated carbocycles. The third-order valence-electron chi connectivity index (χ3n) is 1.57. The van der Waals surface area contributed by atoms with Gasteiger partial charge in [0.2, 0.25) is 0 Å². The number of carbonyl (C=O) groups is 1. The quantitative estimate of drug-likeness (QED) is 0.634. The third kappa shape index (κ3) is 2.16. The second kappa shape index (κ2) is 4.02. The van der Waals surface area contributed by atoms with Crippen LogP contribution in [0.25, 0.3) is 0 Å². The summed E-state index contributed by atoms with van der Waals surface area (Å²) in [6, 6.07) is 3.36. The van der Waals surface area contributed by atoms with Crippen LogP contribution in [0.4, 0.5) is 5.69 Å². The van der Waals surface area contributed by atoms with Gasteiger partial charge in [-0.25, -0.2) is 4.79 Å². The van der Waals surface area contributed by atoms with Crippen molar-refractivity contribution < 1.29 is 9.90 Å². The van der Waals surface area contributed by atoms with Gasteiger partial charge < -0.3 is 10.8 Å². The van der Waals surface area contributed by atoms with Gasteiger partial charge in [-0.3, -0.25) is 0 Å². The van der Waals surface area contributed by atoms with Crippen LogP contribution in [0.5, 0.6) is 0 Å². The SMILES string of the molecule is CSc1cc(Br)c(N)c(C(=O)O)c1. The summed E-state index contributed by atoms with van der Waals surface area (Å²) in [6.07, 6.45) is 1.88. The smallest absolute Gasteiger partial charge is 0.337 e. The number of rotatable bonds is 2. The Morgan fingerprint density at radius 2 is 2.23 bits per heavy atom. The first-order valence-electron chi connectivity index (χ1n) is 3.42. The van der Waals surface area contributed by atoms with Crippen LogP contribution in [0.3, 0.4) is 0 Å². The lowest BCUT2D eigenvalue weighted by Gasteiger charge is -2.05. The predicted molar refractivity (Wildman–Crippen MR) is 57.3 cm³/mol. The molecule has 1 rings (SSSR count). The fourth-order valence-corrected chi connectivity index (χ4v) is 1.97. The van der Waals surface area contributed by atoms with E-state index in [0.717, 1.165) is 4.90 Å². The Balaban J connectivity index is 3.33. The second-order valence-corrected chi connectivity index (χ2v) is 4.11. The van der Waals surface area contributed by atoms with Crippen LogP contribution in [-0.2, 0) is 0 Å². The van der Waals surface area contributed by atoms with Crippen molar-refractivity contribution in [2.45, 2.75) is 4.90 Å². The van der Waals surface area contributed by atoms with Gasteiger partial charge in [-0.1, -0.05) is 0 Å². The fraction of sp³-hybridized carbons (Fsp3) is 0.125. The number of thioether (sulfide) groups is 1. The summed E-state index contributed by atoms with van der Waals surface area (Å²) in [7, 11) is 0. The highest BCUT2D eigenvalue weighted by molar-refractivity contribution is 9.10. The number of carboxylic acid groups (broad SMARTS) is 1. The first kappa shape index (κ1) is 10.4. The van der Waals surface area contributed by atoms with Gasteiger partial charge in [0.25, 0.3) is 0 Å². The van der Waals surface area contributed by atoms with E-state index in [1.165, 1.54) is 11.8 Å². The zero-order valence-corrected chi connectivity index (χ0v) is 9.28. The van der Waals surface area contributed by atoms with Gasteiger partial charge in [-0.2, -0.15) is 0 Å². The fourth-order valence-electron chi connectivity index (χ4n) is 0.888. The average Bonchev–Trinajstić information content (AvgIpc) is 2.09. The van der Waals surface area contributed by atoms with E-state index in [2.05, 4.69) is 15.9 Å². The number of carboxylic acids is 1. The number of nitrogens with two attached hydrogens (primary N) is 1.